The fraction of sp³-hybridized carbons (Fsp3) is 0.484. The molecule has 9 heteroatoms. The number of nitrogen functional groups attached to an aromatic ring is 1. The minimum absolute atomic E-state index is 0.0594. The second-order valence-electron chi connectivity index (χ2n) is 10.9. The largest absolute Gasteiger partial charge is 0.446 e. The first kappa shape index (κ1) is 28.0. The third-order valence-corrected chi connectivity index (χ3v) is 8.13. The van der Waals surface area contributed by atoms with E-state index in [1.165, 1.54) is 0 Å². The van der Waals surface area contributed by atoms with Gasteiger partial charge in [0.1, 0.15) is 6.10 Å². The van der Waals surface area contributed by atoms with E-state index in [1.807, 2.05) is 49.4 Å². The standard InChI is InChI=1S/C31H40N4O5/c1-20(21-7-8-21)40-31(37)33-24-12-9-22(10-13-24)29-28(32)26-14-11-23(19-27(26)35(29)25-5-4-6-25)30(36)34(15-17-38-2)16-18-39-3/h9-14,19-21,25H,4-8,15-18,32H2,1-3H3,(H,33,37)/t20-/m1/s1. The van der Waals surface area contributed by atoms with Crippen LogP contribution in [0, 0.1) is 5.92 Å². The molecule has 0 aliphatic heterocycles. The average molecular weight is 549 g/mol. The van der Waals surface area contributed by atoms with E-state index in [9.17, 15) is 9.59 Å². The van der Waals surface area contributed by atoms with Gasteiger partial charge >= 0.3 is 6.09 Å². The quantitative estimate of drug-likeness (QED) is 0.301. The summed E-state index contributed by atoms with van der Waals surface area (Å²) in [5.74, 6) is 0.426. The number of ether oxygens (including phenoxy) is 3. The fourth-order valence-corrected chi connectivity index (χ4v) is 5.38. The highest BCUT2D eigenvalue weighted by molar-refractivity contribution is 6.05. The highest BCUT2D eigenvalue weighted by Crippen LogP contribution is 2.44. The first-order valence-electron chi connectivity index (χ1n) is 14.2. The maximum Gasteiger partial charge on any atom is 0.411 e. The number of carbonyl (C=O) groups is 2. The second kappa shape index (κ2) is 12.3. The summed E-state index contributed by atoms with van der Waals surface area (Å²) >= 11 is 0. The smallest absolute Gasteiger partial charge is 0.411 e. The molecule has 1 heterocycles. The maximum atomic E-state index is 13.5. The normalized spacial score (nSPS) is 16.0. The Morgan fingerprint density at radius 1 is 1.02 bits per heavy atom. The molecule has 1 atom stereocenters. The van der Waals surface area contributed by atoms with Gasteiger partial charge in [0.25, 0.3) is 5.91 Å². The van der Waals surface area contributed by atoms with Crippen molar-refractivity contribution >= 4 is 34.3 Å². The zero-order valence-corrected chi connectivity index (χ0v) is 23.7. The number of carbonyl (C=O) groups excluding carboxylic acids is 2. The number of hydrogen-bond donors (Lipinski definition) is 2. The van der Waals surface area contributed by atoms with Gasteiger partial charge in [0.05, 0.1) is 30.1 Å². The van der Waals surface area contributed by atoms with Crippen LogP contribution in [-0.2, 0) is 14.2 Å². The lowest BCUT2D eigenvalue weighted by Gasteiger charge is -2.30. The molecule has 0 saturated heterocycles. The maximum absolute atomic E-state index is 13.5. The van der Waals surface area contributed by atoms with Crippen molar-refractivity contribution in [1.29, 1.82) is 0 Å². The van der Waals surface area contributed by atoms with Crippen LogP contribution in [0.1, 0.15) is 55.4 Å². The van der Waals surface area contributed by atoms with E-state index in [0.29, 0.717) is 55.2 Å². The van der Waals surface area contributed by atoms with Crippen LogP contribution in [0.3, 0.4) is 0 Å². The summed E-state index contributed by atoms with van der Waals surface area (Å²) < 4.78 is 18.2. The lowest BCUT2D eigenvalue weighted by molar-refractivity contribution is 0.0627. The number of amides is 2. The summed E-state index contributed by atoms with van der Waals surface area (Å²) in [7, 11) is 3.26. The molecule has 0 unspecified atom stereocenters. The monoisotopic (exact) mass is 548 g/mol. The second-order valence-corrected chi connectivity index (χ2v) is 10.9. The summed E-state index contributed by atoms with van der Waals surface area (Å²) in [6.07, 6.45) is 5.02. The van der Waals surface area contributed by atoms with Crippen LogP contribution in [0.4, 0.5) is 16.2 Å². The molecule has 0 radical (unpaired) electrons. The van der Waals surface area contributed by atoms with Crippen molar-refractivity contribution in [2.24, 2.45) is 5.92 Å². The predicted molar refractivity (Wildman–Crippen MR) is 157 cm³/mol. The SMILES string of the molecule is COCCN(CCOC)C(=O)c1ccc2c(N)c(-c3ccc(NC(=O)O[C@H](C)C4CC4)cc3)n(C3CCC3)c2c1. The van der Waals surface area contributed by atoms with Crippen LogP contribution in [-0.4, -0.2) is 68.1 Å². The Kier molecular flexibility index (Phi) is 8.61. The molecule has 2 aliphatic rings. The topological polar surface area (TPSA) is 108 Å². The van der Waals surface area contributed by atoms with E-state index >= 15 is 0 Å². The molecule has 5 rings (SSSR count). The zero-order chi connectivity index (χ0) is 28.2. The lowest BCUT2D eigenvalue weighted by Crippen LogP contribution is -2.36. The third kappa shape index (κ3) is 5.95. The molecule has 1 aromatic heterocycles. The van der Waals surface area contributed by atoms with Crippen LogP contribution >= 0.6 is 0 Å². The van der Waals surface area contributed by atoms with Crippen LogP contribution in [0.15, 0.2) is 42.5 Å². The van der Waals surface area contributed by atoms with Crippen molar-refractivity contribution in [3.8, 4) is 11.3 Å². The minimum atomic E-state index is -0.433. The number of nitrogens with zero attached hydrogens (tertiary/aromatic N) is 2. The van der Waals surface area contributed by atoms with Gasteiger partial charge in [0.15, 0.2) is 0 Å². The van der Waals surface area contributed by atoms with Crippen molar-refractivity contribution in [3.05, 3.63) is 48.0 Å². The fourth-order valence-electron chi connectivity index (χ4n) is 5.38. The first-order chi connectivity index (χ1) is 19.4. The Morgan fingerprint density at radius 3 is 2.27 bits per heavy atom. The molecule has 3 aromatic rings. The van der Waals surface area contributed by atoms with Crippen molar-refractivity contribution in [1.82, 2.24) is 9.47 Å². The van der Waals surface area contributed by atoms with Gasteiger partial charge in [-0.25, -0.2) is 4.79 Å². The molecule has 40 heavy (non-hydrogen) atoms. The number of aromatic nitrogens is 1. The molecule has 3 N–H and O–H groups in total. The van der Waals surface area contributed by atoms with Gasteiger partial charge in [-0.3, -0.25) is 10.1 Å². The van der Waals surface area contributed by atoms with Gasteiger partial charge in [-0.2, -0.15) is 0 Å². The lowest BCUT2D eigenvalue weighted by atomic mass is 9.92. The van der Waals surface area contributed by atoms with E-state index < -0.39 is 6.09 Å². The highest BCUT2D eigenvalue weighted by Gasteiger charge is 2.31. The Labute approximate surface area is 235 Å². The van der Waals surface area contributed by atoms with Crippen LogP contribution in [0.2, 0.25) is 0 Å². The Bertz CT molecular complexity index is 1340. The minimum Gasteiger partial charge on any atom is -0.446 e. The Balaban J connectivity index is 1.43. The Morgan fingerprint density at radius 2 is 1.70 bits per heavy atom. The number of nitrogens with two attached hydrogens (primary N) is 1. The molecule has 2 amide bonds. The summed E-state index contributed by atoms with van der Waals surface area (Å²) in [5.41, 5.74) is 11.6. The molecule has 0 spiro atoms. The van der Waals surface area contributed by atoms with Gasteiger partial charge in [-0.1, -0.05) is 12.1 Å². The van der Waals surface area contributed by atoms with Crippen molar-refractivity contribution < 1.29 is 23.8 Å². The summed E-state index contributed by atoms with van der Waals surface area (Å²) in [4.78, 5) is 27.6. The van der Waals surface area contributed by atoms with E-state index in [4.69, 9.17) is 19.9 Å². The van der Waals surface area contributed by atoms with Crippen LogP contribution < -0.4 is 11.1 Å². The van der Waals surface area contributed by atoms with Crippen molar-refractivity contribution in [3.63, 3.8) is 0 Å². The molecule has 9 nitrogen and oxygen atoms in total. The van der Waals surface area contributed by atoms with E-state index in [1.54, 1.807) is 19.1 Å². The molecular formula is C31H40N4O5. The van der Waals surface area contributed by atoms with Gasteiger partial charge in [-0.15, -0.1) is 0 Å². The van der Waals surface area contributed by atoms with Crippen molar-refractivity contribution in [2.45, 2.75) is 51.2 Å². The van der Waals surface area contributed by atoms with Gasteiger partial charge in [0.2, 0.25) is 0 Å². The highest BCUT2D eigenvalue weighted by atomic mass is 16.6. The first-order valence-corrected chi connectivity index (χ1v) is 14.2. The van der Waals surface area contributed by atoms with Crippen molar-refractivity contribution in [2.75, 3.05) is 51.6 Å². The molecular weight excluding hydrogens is 508 g/mol. The van der Waals surface area contributed by atoms with Crippen LogP contribution in [0.25, 0.3) is 22.2 Å². The zero-order valence-electron chi connectivity index (χ0n) is 23.7. The van der Waals surface area contributed by atoms with E-state index in [0.717, 1.165) is 54.3 Å². The molecule has 2 saturated carbocycles. The van der Waals surface area contributed by atoms with Gasteiger partial charge in [0, 0.05) is 55.6 Å². The number of methoxy groups -OCH3 is 2. The van der Waals surface area contributed by atoms with Gasteiger partial charge < -0.3 is 29.4 Å². The molecule has 2 aromatic carbocycles. The number of nitrogens with one attached hydrogen (secondary N) is 1. The number of fused-ring (bicyclic) bond motifs is 1. The summed E-state index contributed by atoms with van der Waals surface area (Å²) in [6, 6.07) is 13.8. The third-order valence-electron chi connectivity index (χ3n) is 8.13. The number of rotatable bonds is 12. The molecule has 2 aliphatic carbocycles. The van der Waals surface area contributed by atoms with E-state index in [2.05, 4.69) is 9.88 Å². The molecule has 2 fully saturated rings. The average Bonchev–Trinajstić information content (AvgIpc) is 3.74. The van der Waals surface area contributed by atoms with Gasteiger partial charge in [-0.05, 0) is 75.3 Å². The predicted octanol–water partition coefficient (Wildman–Crippen LogP) is 5.70. The number of anilines is 2. The number of hydrogen-bond acceptors (Lipinski definition) is 6. The summed E-state index contributed by atoms with van der Waals surface area (Å²) in [5, 5.41) is 3.76. The Hall–Kier alpha value is -3.56. The van der Waals surface area contributed by atoms with Crippen LogP contribution in [0.5, 0.6) is 0 Å². The molecule has 0 bridgehead atoms. The summed E-state index contributed by atoms with van der Waals surface area (Å²) in [6.45, 7) is 3.82. The van der Waals surface area contributed by atoms with E-state index in [-0.39, 0.29) is 12.0 Å². The number of benzene rings is 2. The molecule has 214 valence electrons.